The maximum Gasteiger partial charge on any atom is 0.251 e. The summed E-state index contributed by atoms with van der Waals surface area (Å²) >= 11 is 0. The average Bonchev–Trinajstić information content (AvgIpc) is 2.95. The van der Waals surface area contributed by atoms with Crippen molar-refractivity contribution in [1.82, 2.24) is 0 Å². The second-order valence-electron chi connectivity index (χ2n) is 5.51. The molecule has 1 aromatic rings. The number of hydrogen-bond donors (Lipinski definition) is 1. The van der Waals surface area contributed by atoms with Crippen LogP contribution in [0.5, 0.6) is 11.5 Å². The van der Waals surface area contributed by atoms with Gasteiger partial charge in [0.1, 0.15) is 0 Å². The fourth-order valence-corrected chi connectivity index (χ4v) is 2.95. The van der Waals surface area contributed by atoms with Crippen molar-refractivity contribution in [3.8, 4) is 11.5 Å². The molecule has 98 valence electrons. The Morgan fingerprint density at radius 3 is 2.67 bits per heavy atom. The van der Waals surface area contributed by atoms with Crippen molar-refractivity contribution >= 4 is 0 Å². The molecular weight excluding hydrogens is 226 g/mol. The molecule has 1 saturated carbocycles. The van der Waals surface area contributed by atoms with Crippen molar-refractivity contribution in [3.63, 3.8) is 0 Å². The number of hydrogen-bond acceptors (Lipinski definition) is 3. The van der Waals surface area contributed by atoms with E-state index < -0.39 is 0 Å². The van der Waals surface area contributed by atoms with E-state index in [1.54, 1.807) is 0 Å². The van der Waals surface area contributed by atoms with Gasteiger partial charge in [-0.05, 0) is 49.4 Å². The smallest absolute Gasteiger partial charge is 0.251 e. The van der Waals surface area contributed by atoms with Gasteiger partial charge in [-0.3, -0.25) is 0 Å². The predicted molar refractivity (Wildman–Crippen MR) is 71.0 cm³/mol. The Balaban J connectivity index is 1.82. The molecule has 0 radical (unpaired) electrons. The highest BCUT2D eigenvalue weighted by atomic mass is 16.7. The van der Waals surface area contributed by atoms with Crippen LogP contribution < -0.4 is 15.2 Å². The lowest BCUT2D eigenvalue weighted by Gasteiger charge is -2.21. The van der Waals surface area contributed by atoms with E-state index >= 15 is 0 Å². The first kappa shape index (κ1) is 11.8. The van der Waals surface area contributed by atoms with Gasteiger partial charge in [0.25, 0.3) is 5.79 Å². The Bertz CT molecular complexity index is 438. The quantitative estimate of drug-likeness (QED) is 0.892. The molecule has 1 spiro atoms. The monoisotopic (exact) mass is 247 g/mol. The molecule has 18 heavy (non-hydrogen) atoms. The SMILES string of the molecule is CC(CCN)c1ccc2c(c1)OC1(CCCC1)O2. The molecule has 1 aliphatic carbocycles. The zero-order chi connectivity index (χ0) is 12.6. The summed E-state index contributed by atoms with van der Waals surface area (Å²) in [4.78, 5) is 0. The van der Waals surface area contributed by atoms with Crippen LogP contribution in [0.4, 0.5) is 0 Å². The fourth-order valence-electron chi connectivity index (χ4n) is 2.95. The molecule has 2 N–H and O–H groups in total. The van der Waals surface area contributed by atoms with Crippen LogP contribution in [-0.4, -0.2) is 12.3 Å². The first-order chi connectivity index (χ1) is 8.72. The maximum absolute atomic E-state index is 6.07. The van der Waals surface area contributed by atoms with Crippen LogP contribution in [-0.2, 0) is 0 Å². The number of nitrogens with two attached hydrogens (primary N) is 1. The first-order valence-electron chi connectivity index (χ1n) is 6.94. The van der Waals surface area contributed by atoms with Crippen molar-refractivity contribution in [3.05, 3.63) is 23.8 Å². The van der Waals surface area contributed by atoms with Crippen molar-refractivity contribution in [2.24, 2.45) is 5.73 Å². The van der Waals surface area contributed by atoms with Gasteiger partial charge in [0.2, 0.25) is 0 Å². The van der Waals surface area contributed by atoms with Crippen molar-refractivity contribution < 1.29 is 9.47 Å². The van der Waals surface area contributed by atoms with Gasteiger partial charge in [-0.1, -0.05) is 13.0 Å². The number of rotatable bonds is 3. The summed E-state index contributed by atoms with van der Waals surface area (Å²) in [5.41, 5.74) is 6.91. The van der Waals surface area contributed by atoms with Crippen LogP contribution in [0.15, 0.2) is 18.2 Å². The summed E-state index contributed by atoms with van der Waals surface area (Å²) in [5, 5.41) is 0. The van der Waals surface area contributed by atoms with Crippen molar-refractivity contribution in [2.75, 3.05) is 6.54 Å². The molecule has 1 unspecified atom stereocenters. The standard InChI is InChI=1S/C15H21NO2/c1-11(6-9-16)12-4-5-13-14(10-12)18-15(17-13)7-2-3-8-15/h4-5,10-11H,2-3,6-9,16H2,1H3. The van der Waals surface area contributed by atoms with Gasteiger partial charge in [0.05, 0.1) is 0 Å². The summed E-state index contributed by atoms with van der Waals surface area (Å²) in [6.07, 6.45) is 5.42. The van der Waals surface area contributed by atoms with Crippen LogP contribution in [0, 0.1) is 0 Å². The van der Waals surface area contributed by atoms with Crippen LogP contribution in [0.25, 0.3) is 0 Å². The lowest BCUT2D eigenvalue weighted by atomic mass is 9.97. The van der Waals surface area contributed by atoms with E-state index in [9.17, 15) is 0 Å². The van der Waals surface area contributed by atoms with E-state index in [1.165, 1.54) is 18.4 Å². The molecule has 3 heteroatoms. The Morgan fingerprint density at radius 1 is 1.22 bits per heavy atom. The van der Waals surface area contributed by atoms with E-state index in [0.717, 1.165) is 37.3 Å². The van der Waals surface area contributed by atoms with Crippen LogP contribution in [0.2, 0.25) is 0 Å². The lowest BCUT2D eigenvalue weighted by Crippen LogP contribution is -2.34. The molecule has 0 bridgehead atoms. The predicted octanol–water partition coefficient (Wildman–Crippen LogP) is 3.18. The van der Waals surface area contributed by atoms with E-state index in [0.29, 0.717) is 5.92 Å². The summed E-state index contributed by atoms with van der Waals surface area (Å²) in [5.74, 6) is 1.95. The van der Waals surface area contributed by atoms with Gasteiger partial charge in [-0.15, -0.1) is 0 Å². The highest BCUT2D eigenvalue weighted by Crippen LogP contribution is 2.47. The van der Waals surface area contributed by atoms with Crippen LogP contribution in [0.3, 0.4) is 0 Å². The molecule has 1 aromatic carbocycles. The summed E-state index contributed by atoms with van der Waals surface area (Å²) in [6, 6.07) is 6.31. The average molecular weight is 247 g/mol. The second-order valence-corrected chi connectivity index (χ2v) is 5.51. The third-order valence-electron chi connectivity index (χ3n) is 4.09. The van der Waals surface area contributed by atoms with Gasteiger partial charge in [-0.2, -0.15) is 0 Å². The van der Waals surface area contributed by atoms with Crippen LogP contribution in [0.1, 0.15) is 50.5 Å². The number of fused-ring (bicyclic) bond motifs is 1. The molecule has 1 heterocycles. The van der Waals surface area contributed by atoms with E-state index in [1.807, 2.05) is 6.07 Å². The molecule has 1 aliphatic heterocycles. The maximum atomic E-state index is 6.07. The van der Waals surface area contributed by atoms with Gasteiger partial charge < -0.3 is 15.2 Å². The summed E-state index contributed by atoms with van der Waals surface area (Å²) in [6.45, 7) is 2.93. The van der Waals surface area contributed by atoms with E-state index in [4.69, 9.17) is 15.2 Å². The topological polar surface area (TPSA) is 44.5 Å². The zero-order valence-corrected chi connectivity index (χ0v) is 10.9. The molecule has 0 saturated heterocycles. The van der Waals surface area contributed by atoms with E-state index in [-0.39, 0.29) is 5.79 Å². The van der Waals surface area contributed by atoms with Crippen molar-refractivity contribution in [2.45, 2.75) is 50.7 Å². The molecule has 2 aliphatic rings. The minimum atomic E-state index is -0.349. The molecule has 0 amide bonds. The Kier molecular flexibility index (Phi) is 2.94. The van der Waals surface area contributed by atoms with Gasteiger partial charge >= 0.3 is 0 Å². The lowest BCUT2D eigenvalue weighted by molar-refractivity contribution is -0.0716. The van der Waals surface area contributed by atoms with Gasteiger partial charge in [0.15, 0.2) is 11.5 Å². The molecule has 3 rings (SSSR count). The molecule has 1 fully saturated rings. The molecule has 3 nitrogen and oxygen atoms in total. The van der Waals surface area contributed by atoms with E-state index in [2.05, 4.69) is 19.1 Å². The summed E-state index contributed by atoms with van der Waals surface area (Å²) in [7, 11) is 0. The zero-order valence-electron chi connectivity index (χ0n) is 10.9. The highest BCUT2D eigenvalue weighted by Gasteiger charge is 2.44. The number of benzene rings is 1. The highest BCUT2D eigenvalue weighted by molar-refractivity contribution is 5.46. The van der Waals surface area contributed by atoms with Crippen LogP contribution >= 0.6 is 0 Å². The number of ether oxygens (including phenoxy) is 2. The van der Waals surface area contributed by atoms with Gasteiger partial charge in [-0.25, -0.2) is 0 Å². The Morgan fingerprint density at radius 2 is 1.94 bits per heavy atom. The largest absolute Gasteiger partial charge is 0.448 e. The minimum Gasteiger partial charge on any atom is -0.448 e. The first-order valence-corrected chi connectivity index (χ1v) is 6.94. The third kappa shape index (κ3) is 1.97. The molecular formula is C15H21NO2. The third-order valence-corrected chi connectivity index (χ3v) is 4.09. The molecule has 1 atom stereocenters. The van der Waals surface area contributed by atoms with Crippen molar-refractivity contribution in [1.29, 1.82) is 0 Å². The Hall–Kier alpha value is -1.22. The summed E-state index contributed by atoms with van der Waals surface area (Å²) < 4.78 is 12.1. The normalized spacial score (nSPS) is 21.4. The second kappa shape index (κ2) is 4.47. The Labute approximate surface area is 108 Å². The fraction of sp³-hybridized carbons (Fsp3) is 0.600. The van der Waals surface area contributed by atoms with Gasteiger partial charge in [0, 0.05) is 12.8 Å². The molecule has 0 aromatic heterocycles. The minimum absolute atomic E-state index is 0.349.